The van der Waals surface area contributed by atoms with Crippen LogP contribution in [0.4, 0.5) is 14.5 Å². The summed E-state index contributed by atoms with van der Waals surface area (Å²) in [5.74, 6) is -0.445. The van der Waals surface area contributed by atoms with Crippen LogP contribution in [0.1, 0.15) is 15.9 Å². The molecular formula is C20H18F2N2O5S2. The molecule has 3 aromatic rings. The van der Waals surface area contributed by atoms with Gasteiger partial charge in [-0.3, -0.25) is 9.52 Å². The Kier molecular flexibility index (Phi) is 7.08. The molecule has 0 atom stereocenters. The van der Waals surface area contributed by atoms with Crippen LogP contribution in [0.5, 0.6) is 11.5 Å². The summed E-state index contributed by atoms with van der Waals surface area (Å²) in [7, 11) is -2.41. The summed E-state index contributed by atoms with van der Waals surface area (Å²) < 4.78 is 61.5. The van der Waals surface area contributed by atoms with Crippen LogP contribution in [0.15, 0.2) is 64.2 Å². The molecule has 0 bridgehead atoms. The number of amides is 1. The van der Waals surface area contributed by atoms with Crippen LogP contribution in [0.2, 0.25) is 0 Å². The van der Waals surface area contributed by atoms with E-state index < -0.39 is 22.5 Å². The number of nitrogens with one attached hydrogen (secondary N) is 2. The van der Waals surface area contributed by atoms with Crippen molar-refractivity contribution >= 4 is 33.0 Å². The molecular weight excluding hydrogens is 450 g/mol. The summed E-state index contributed by atoms with van der Waals surface area (Å²) in [6.45, 7) is -2.89. The Bertz CT molecular complexity index is 1150. The number of rotatable bonds is 9. The molecule has 11 heteroatoms. The van der Waals surface area contributed by atoms with E-state index in [-0.39, 0.29) is 33.5 Å². The predicted octanol–water partition coefficient (Wildman–Crippen LogP) is 4.09. The lowest BCUT2D eigenvalue weighted by Gasteiger charge is -2.12. The van der Waals surface area contributed by atoms with Gasteiger partial charge in [-0.15, -0.1) is 11.3 Å². The van der Waals surface area contributed by atoms with E-state index in [1.807, 2.05) is 0 Å². The van der Waals surface area contributed by atoms with Gasteiger partial charge in [0.15, 0.2) is 11.5 Å². The molecule has 1 aromatic heterocycles. The zero-order valence-corrected chi connectivity index (χ0v) is 17.8. The van der Waals surface area contributed by atoms with Crippen molar-refractivity contribution in [2.75, 3.05) is 11.8 Å². The van der Waals surface area contributed by atoms with Crippen molar-refractivity contribution in [2.45, 2.75) is 17.4 Å². The van der Waals surface area contributed by atoms with Crippen molar-refractivity contribution in [3.8, 4) is 11.5 Å². The van der Waals surface area contributed by atoms with Crippen LogP contribution in [0, 0.1) is 0 Å². The standard InChI is InChI=1S/C20H18F2N2O5S2/c1-28-17-10-13(7-8-16(17)29-20(21)22)12-23-19(25)14-4-2-5-15(11-14)24-31(26,27)18-6-3-9-30-18/h2-11,20,24H,12H2,1H3,(H,23,25). The molecule has 2 aromatic carbocycles. The van der Waals surface area contributed by atoms with Crippen LogP contribution >= 0.6 is 11.3 Å². The first kappa shape index (κ1) is 22.5. The second-order valence-corrected chi connectivity index (χ2v) is 9.02. The molecule has 164 valence electrons. The Balaban J connectivity index is 1.67. The summed E-state index contributed by atoms with van der Waals surface area (Å²) >= 11 is 1.08. The molecule has 0 aliphatic rings. The number of ether oxygens (including phenoxy) is 2. The number of thiophene rings is 1. The van der Waals surface area contributed by atoms with Gasteiger partial charge < -0.3 is 14.8 Å². The maximum absolute atomic E-state index is 12.5. The molecule has 7 nitrogen and oxygen atoms in total. The largest absolute Gasteiger partial charge is 0.493 e. The Hall–Kier alpha value is -3.18. The fourth-order valence-corrected chi connectivity index (χ4v) is 4.69. The fourth-order valence-electron chi connectivity index (χ4n) is 2.65. The summed E-state index contributed by atoms with van der Waals surface area (Å²) in [5.41, 5.74) is 1.09. The van der Waals surface area contributed by atoms with E-state index in [9.17, 15) is 22.0 Å². The first-order valence-corrected chi connectivity index (χ1v) is 11.2. The van der Waals surface area contributed by atoms with Gasteiger partial charge in [0.2, 0.25) is 0 Å². The van der Waals surface area contributed by atoms with Crippen LogP contribution in [0.25, 0.3) is 0 Å². The number of anilines is 1. The maximum Gasteiger partial charge on any atom is 0.387 e. The number of halogens is 2. The molecule has 2 N–H and O–H groups in total. The monoisotopic (exact) mass is 468 g/mol. The fraction of sp³-hybridized carbons (Fsp3) is 0.150. The van der Waals surface area contributed by atoms with Crippen LogP contribution in [-0.2, 0) is 16.6 Å². The van der Waals surface area contributed by atoms with Crippen molar-refractivity contribution in [3.63, 3.8) is 0 Å². The van der Waals surface area contributed by atoms with Gasteiger partial charge in [0, 0.05) is 17.8 Å². The first-order chi connectivity index (χ1) is 14.8. The minimum atomic E-state index is -3.73. The third-order valence-corrected chi connectivity index (χ3v) is 6.81. The molecule has 1 amide bonds. The normalized spacial score (nSPS) is 11.2. The Morgan fingerprint density at radius 2 is 1.90 bits per heavy atom. The van der Waals surface area contributed by atoms with Gasteiger partial charge in [0.25, 0.3) is 15.9 Å². The third-order valence-electron chi connectivity index (χ3n) is 4.03. The van der Waals surface area contributed by atoms with E-state index in [0.29, 0.717) is 5.56 Å². The molecule has 0 saturated heterocycles. The smallest absolute Gasteiger partial charge is 0.387 e. The highest BCUT2D eigenvalue weighted by molar-refractivity contribution is 7.94. The molecule has 0 saturated carbocycles. The summed E-state index contributed by atoms with van der Waals surface area (Å²) in [6, 6.07) is 13.5. The van der Waals surface area contributed by atoms with Crippen molar-refractivity contribution in [2.24, 2.45) is 0 Å². The van der Waals surface area contributed by atoms with Gasteiger partial charge in [-0.1, -0.05) is 18.2 Å². The molecule has 0 aliphatic heterocycles. The first-order valence-electron chi connectivity index (χ1n) is 8.85. The highest BCUT2D eigenvalue weighted by Gasteiger charge is 2.16. The molecule has 1 heterocycles. The van der Waals surface area contributed by atoms with Crippen molar-refractivity contribution in [3.05, 3.63) is 71.1 Å². The minimum Gasteiger partial charge on any atom is -0.493 e. The van der Waals surface area contributed by atoms with Gasteiger partial charge >= 0.3 is 6.61 Å². The number of hydrogen-bond donors (Lipinski definition) is 2. The molecule has 0 fully saturated rings. The summed E-state index contributed by atoms with van der Waals surface area (Å²) in [5, 5.41) is 4.34. The molecule has 3 rings (SSSR count). The number of sulfonamides is 1. The van der Waals surface area contributed by atoms with Crippen molar-refractivity contribution in [1.29, 1.82) is 0 Å². The number of methoxy groups -OCH3 is 1. The van der Waals surface area contributed by atoms with Crippen LogP contribution in [-0.4, -0.2) is 28.0 Å². The van der Waals surface area contributed by atoms with Gasteiger partial charge in [0.05, 0.1) is 7.11 Å². The van der Waals surface area contributed by atoms with Gasteiger partial charge in [0.1, 0.15) is 4.21 Å². The highest BCUT2D eigenvalue weighted by atomic mass is 32.2. The average molecular weight is 469 g/mol. The zero-order valence-electron chi connectivity index (χ0n) is 16.2. The number of carbonyl (C=O) groups is 1. The number of carbonyl (C=O) groups excluding carboxylic acids is 1. The Morgan fingerprint density at radius 3 is 2.58 bits per heavy atom. The van der Waals surface area contributed by atoms with E-state index in [1.165, 1.54) is 43.5 Å². The topological polar surface area (TPSA) is 93.7 Å². The number of hydrogen-bond acceptors (Lipinski definition) is 6. The Labute approximate surface area is 181 Å². The van der Waals surface area contributed by atoms with Crippen LogP contribution < -0.4 is 19.5 Å². The van der Waals surface area contributed by atoms with Crippen molar-refractivity contribution < 1.29 is 31.5 Å². The van der Waals surface area contributed by atoms with E-state index in [2.05, 4.69) is 14.8 Å². The summed E-state index contributed by atoms with van der Waals surface area (Å²) in [6.07, 6.45) is 0. The lowest BCUT2D eigenvalue weighted by atomic mass is 10.1. The summed E-state index contributed by atoms with van der Waals surface area (Å²) in [4.78, 5) is 12.5. The van der Waals surface area contributed by atoms with E-state index in [4.69, 9.17) is 4.74 Å². The molecule has 0 spiro atoms. The van der Waals surface area contributed by atoms with E-state index in [1.54, 1.807) is 23.6 Å². The van der Waals surface area contributed by atoms with Gasteiger partial charge in [-0.2, -0.15) is 8.78 Å². The van der Waals surface area contributed by atoms with E-state index in [0.717, 1.165) is 11.3 Å². The zero-order chi connectivity index (χ0) is 22.4. The third kappa shape index (κ3) is 5.92. The second kappa shape index (κ2) is 9.75. The minimum absolute atomic E-state index is 0.0926. The molecule has 0 radical (unpaired) electrons. The van der Waals surface area contributed by atoms with E-state index >= 15 is 0 Å². The number of benzene rings is 2. The Morgan fingerprint density at radius 1 is 1.10 bits per heavy atom. The molecule has 0 aliphatic carbocycles. The van der Waals surface area contributed by atoms with Gasteiger partial charge in [-0.05, 0) is 47.3 Å². The lowest BCUT2D eigenvalue weighted by molar-refractivity contribution is -0.0512. The van der Waals surface area contributed by atoms with Crippen LogP contribution in [0.3, 0.4) is 0 Å². The highest BCUT2D eigenvalue weighted by Crippen LogP contribution is 2.29. The number of alkyl halides is 2. The second-order valence-electron chi connectivity index (χ2n) is 6.16. The van der Waals surface area contributed by atoms with Crippen molar-refractivity contribution in [1.82, 2.24) is 5.32 Å². The predicted molar refractivity (Wildman–Crippen MR) is 112 cm³/mol. The average Bonchev–Trinajstić information content (AvgIpc) is 3.28. The SMILES string of the molecule is COc1cc(CNC(=O)c2cccc(NS(=O)(=O)c3cccs3)c2)ccc1OC(F)F. The molecule has 31 heavy (non-hydrogen) atoms. The lowest BCUT2D eigenvalue weighted by Crippen LogP contribution is -2.23. The molecule has 0 unspecified atom stereocenters. The quantitative estimate of drug-likeness (QED) is 0.493. The van der Waals surface area contributed by atoms with Gasteiger partial charge in [-0.25, -0.2) is 8.42 Å². The maximum atomic E-state index is 12.5.